The van der Waals surface area contributed by atoms with Crippen molar-refractivity contribution in [2.75, 3.05) is 0 Å². The highest BCUT2D eigenvalue weighted by Gasteiger charge is 2.09. The lowest BCUT2D eigenvalue weighted by atomic mass is 10.1. The monoisotopic (exact) mass is 324 g/mol. The third-order valence-corrected chi connectivity index (χ3v) is 3.76. The zero-order valence-electron chi connectivity index (χ0n) is 11.0. The molecular formula is C14H13ClN2O3S. The predicted octanol–water partition coefficient (Wildman–Crippen LogP) is 2.37. The van der Waals surface area contributed by atoms with Crippen LogP contribution in [0.3, 0.4) is 0 Å². The summed E-state index contributed by atoms with van der Waals surface area (Å²) < 4.78 is 0. The Kier molecular flexibility index (Phi) is 5.30. The number of hydrogen-bond donors (Lipinski definition) is 2. The van der Waals surface area contributed by atoms with Crippen LogP contribution in [0.4, 0.5) is 0 Å². The Labute approximate surface area is 130 Å². The molecule has 0 aliphatic carbocycles. The van der Waals surface area contributed by atoms with Crippen LogP contribution in [0.2, 0.25) is 5.02 Å². The number of Topliss-reactive ketones (excluding diaryl/α,β-unsaturated/α-hetero) is 1. The average Bonchev–Trinajstić information content (AvgIpc) is 2.89. The summed E-state index contributed by atoms with van der Waals surface area (Å²) in [6.45, 7) is 0.257. The maximum atomic E-state index is 11.9. The fourth-order valence-electron chi connectivity index (χ4n) is 1.69. The number of aromatic nitrogens is 1. The van der Waals surface area contributed by atoms with Gasteiger partial charge in [-0.25, -0.2) is 0 Å². The van der Waals surface area contributed by atoms with Gasteiger partial charge in [0.05, 0.1) is 6.54 Å². The van der Waals surface area contributed by atoms with Gasteiger partial charge in [-0.05, 0) is 24.3 Å². The van der Waals surface area contributed by atoms with Crippen LogP contribution in [-0.2, 0) is 11.3 Å². The summed E-state index contributed by atoms with van der Waals surface area (Å²) in [6.07, 6.45) is 0.240. The molecule has 1 aromatic carbocycles. The molecule has 5 nitrogen and oxygen atoms in total. The van der Waals surface area contributed by atoms with Gasteiger partial charge >= 0.3 is 4.87 Å². The number of carbonyl (C=O) groups excluding carboxylic acids is 2. The lowest BCUT2D eigenvalue weighted by molar-refractivity contribution is -0.121. The van der Waals surface area contributed by atoms with Crippen LogP contribution in [0.5, 0.6) is 0 Å². The molecule has 0 fully saturated rings. The number of H-pyrrole nitrogens is 1. The van der Waals surface area contributed by atoms with Crippen molar-refractivity contribution in [1.29, 1.82) is 0 Å². The number of nitrogens with one attached hydrogen (secondary N) is 2. The first kappa shape index (κ1) is 15.5. The van der Waals surface area contributed by atoms with E-state index in [1.54, 1.807) is 29.6 Å². The molecular weight excluding hydrogens is 312 g/mol. The van der Waals surface area contributed by atoms with Gasteiger partial charge in [-0.15, -0.1) is 0 Å². The molecule has 0 aliphatic heterocycles. The van der Waals surface area contributed by atoms with Gasteiger partial charge in [0.25, 0.3) is 0 Å². The zero-order valence-corrected chi connectivity index (χ0v) is 12.6. The van der Waals surface area contributed by atoms with Gasteiger partial charge in [0.1, 0.15) is 0 Å². The third-order valence-electron chi connectivity index (χ3n) is 2.79. The van der Waals surface area contributed by atoms with Crippen molar-refractivity contribution in [2.24, 2.45) is 0 Å². The maximum Gasteiger partial charge on any atom is 0.304 e. The second-order valence-electron chi connectivity index (χ2n) is 4.38. The Morgan fingerprint density at radius 1 is 1.19 bits per heavy atom. The molecule has 0 bridgehead atoms. The molecule has 0 aliphatic rings. The lowest BCUT2D eigenvalue weighted by Crippen LogP contribution is -2.23. The molecule has 21 heavy (non-hydrogen) atoms. The highest BCUT2D eigenvalue weighted by Crippen LogP contribution is 2.11. The number of halogens is 1. The van der Waals surface area contributed by atoms with Crippen LogP contribution >= 0.6 is 22.9 Å². The standard InChI is InChI=1S/C14H13ClN2O3S/c15-10-3-1-9(2-4-10)12(18)5-6-13(19)16-7-11-8-21-14(20)17-11/h1-4,8H,5-7H2,(H,16,19)(H,17,20). The number of amides is 1. The van der Waals surface area contributed by atoms with E-state index in [0.717, 1.165) is 11.3 Å². The van der Waals surface area contributed by atoms with Gasteiger partial charge in [0.2, 0.25) is 5.91 Å². The fraction of sp³-hybridized carbons (Fsp3) is 0.214. The molecule has 0 unspecified atom stereocenters. The van der Waals surface area contributed by atoms with E-state index < -0.39 is 0 Å². The molecule has 2 N–H and O–H groups in total. The molecule has 1 amide bonds. The molecule has 1 heterocycles. The summed E-state index contributed by atoms with van der Waals surface area (Å²) in [7, 11) is 0. The number of benzene rings is 1. The van der Waals surface area contributed by atoms with E-state index in [1.165, 1.54) is 0 Å². The van der Waals surface area contributed by atoms with Crippen molar-refractivity contribution in [3.8, 4) is 0 Å². The number of thiazole rings is 1. The van der Waals surface area contributed by atoms with Crippen LogP contribution in [0.25, 0.3) is 0 Å². The molecule has 0 saturated heterocycles. The van der Waals surface area contributed by atoms with E-state index in [4.69, 9.17) is 11.6 Å². The van der Waals surface area contributed by atoms with E-state index in [1.807, 2.05) is 0 Å². The van der Waals surface area contributed by atoms with Crippen molar-refractivity contribution < 1.29 is 9.59 Å². The number of rotatable bonds is 6. The Morgan fingerprint density at radius 3 is 2.52 bits per heavy atom. The summed E-state index contributed by atoms with van der Waals surface area (Å²) >= 11 is 6.79. The van der Waals surface area contributed by atoms with Crippen LogP contribution in [0.1, 0.15) is 28.9 Å². The Balaban J connectivity index is 1.77. The number of hydrogen-bond acceptors (Lipinski definition) is 4. The summed E-state index contributed by atoms with van der Waals surface area (Å²) in [4.78, 5) is 36.9. The molecule has 110 valence electrons. The smallest absolute Gasteiger partial charge is 0.304 e. The van der Waals surface area contributed by atoms with E-state index in [0.29, 0.717) is 16.3 Å². The van der Waals surface area contributed by atoms with Crippen LogP contribution in [0, 0.1) is 0 Å². The Hall–Kier alpha value is -1.92. The summed E-state index contributed by atoms with van der Waals surface area (Å²) in [6, 6.07) is 6.56. The molecule has 0 atom stereocenters. The highest BCUT2D eigenvalue weighted by atomic mass is 35.5. The van der Waals surface area contributed by atoms with Gasteiger partial charge < -0.3 is 10.3 Å². The van der Waals surface area contributed by atoms with E-state index >= 15 is 0 Å². The van der Waals surface area contributed by atoms with E-state index in [2.05, 4.69) is 10.3 Å². The van der Waals surface area contributed by atoms with Crippen LogP contribution in [0.15, 0.2) is 34.4 Å². The van der Waals surface area contributed by atoms with E-state index in [-0.39, 0.29) is 35.9 Å². The van der Waals surface area contributed by atoms with Gasteiger partial charge in [0, 0.05) is 34.5 Å². The van der Waals surface area contributed by atoms with Crippen molar-refractivity contribution in [2.45, 2.75) is 19.4 Å². The summed E-state index contributed by atoms with van der Waals surface area (Å²) in [5.41, 5.74) is 1.19. The molecule has 7 heteroatoms. The first-order valence-electron chi connectivity index (χ1n) is 6.27. The zero-order chi connectivity index (χ0) is 15.2. The lowest BCUT2D eigenvalue weighted by Gasteiger charge is -2.04. The predicted molar refractivity (Wildman–Crippen MR) is 81.8 cm³/mol. The molecule has 2 aromatic rings. The van der Waals surface area contributed by atoms with Crippen LogP contribution in [-0.4, -0.2) is 16.7 Å². The van der Waals surface area contributed by atoms with Gasteiger partial charge in [-0.3, -0.25) is 14.4 Å². The Morgan fingerprint density at radius 2 is 1.90 bits per heavy atom. The largest absolute Gasteiger partial charge is 0.350 e. The van der Waals surface area contributed by atoms with Gasteiger partial charge in [-0.1, -0.05) is 22.9 Å². The molecule has 0 spiro atoms. The minimum Gasteiger partial charge on any atom is -0.350 e. The maximum absolute atomic E-state index is 11.9. The number of ketones is 1. The highest BCUT2D eigenvalue weighted by molar-refractivity contribution is 7.07. The molecule has 0 radical (unpaired) electrons. The Bertz CT molecular complexity index is 691. The molecule has 0 saturated carbocycles. The first-order chi connectivity index (χ1) is 10.0. The topological polar surface area (TPSA) is 79.0 Å². The normalized spacial score (nSPS) is 10.3. The SMILES string of the molecule is O=C(CCC(=O)c1ccc(Cl)cc1)NCc1csc(=O)[nH]1. The van der Waals surface area contributed by atoms with Gasteiger partial charge in [-0.2, -0.15) is 0 Å². The van der Waals surface area contributed by atoms with Crippen molar-refractivity contribution in [3.05, 3.63) is 55.6 Å². The van der Waals surface area contributed by atoms with Crippen LogP contribution < -0.4 is 10.2 Å². The first-order valence-corrected chi connectivity index (χ1v) is 7.52. The van der Waals surface area contributed by atoms with Crippen molar-refractivity contribution >= 4 is 34.6 Å². The number of aromatic amines is 1. The second-order valence-corrected chi connectivity index (χ2v) is 5.66. The van der Waals surface area contributed by atoms with Crippen molar-refractivity contribution in [1.82, 2.24) is 10.3 Å². The minimum atomic E-state index is -0.232. The summed E-state index contributed by atoms with van der Waals surface area (Å²) in [5.74, 6) is -0.338. The van der Waals surface area contributed by atoms with Gasteiger partial charge in [0.15, 0.2) is 5.78 Å². The summed E-state index contributed by atoms with van der Waals surface area (Å²) in [5, 5.41) is 4.87. The van der Waals surface area contributed by atoms with E-state index in [9.17, 15) is 14.4 Å². The number of carbonyl (C=O) groups is 2. The quantitative estimate of drug-likeness (QED) is 0.801. The average molecular weight is 325 g/mol. The molecule has 2 rings (SSSR count). The fourth-order valence-corrected chi connectivity index (χ4v) is 2.40. The van der Waals surface area contributed by atoms with Crippen molar-refractivity contribution in [3.63, 3.8) is 0 Å². The minimum absolute atomic E-state index is 0.106. The third kappa shape index (κ3) is 4.84. The second kappa shape index (κ2) is 7.19. The molecule has 1 aromatic heterocycles.